The van der Waals surface area contributed by atoms with Crippen molar-refractivity contribution < 1.29 is 4.79 Å². The molecule has 1 heterocycles. The summed E-state index contributed by atoms with van der Waals surface area (Å²) in [6, 6.07) is 0. The molecule has 1 saturated heterocycles. The molecule has 0 unspecified atom stereocenters. The molecule has 4 heteroatoms. The smallest absolute Gasteiger partial charge is 0.281 e. The second-order valence-corrected chi connectivity index (χ2v) is 2.94. The molecule has 2 N–H and O–H groups in total. The fourth-order valence-electron chi connectivity index (χ4n) is 0.785. The molecular formula is C5H10N2OS. The van der Waals surface area contributed by atoms with Gasteiger partial charge in [-0.25, -0.2) is 0 Å². The lowest BCUT2D eigenvalue weighted by Gasteiger charge is -2.11. The molecule has 0 saturated carbocycles. The van der Waals surface area contributed by atoms with E-state index < -0.39 is 0 Å². The summed E-state index contributed by atoms with van der Waals surface area (Å²) in [5.74, 6) is 0.929. The number of carbonyl (C=O) groups is 1. The molecule has 1 aliphatic rings. The molecule has 1 amide bonds. The third-order valence-electron chi connectivity index (χ3n) is 1.24. The van der Waals surface area contributed by atoms with Crippen molar-refractivity contribution in [3.05, 3.63) is 0 Å². The van der Waals surface area contributed by atoms with E-state index in [0.29, 0.717) is 13.1 Å². The van der Waals surface area contributed by atoms with Gasteiger partial charge in [0.05, 0.1) is 0 Å². The monoisotopic (exact) mass is 146 g/mol. The number of rotatable bonds is 2. The zero-order chi connectivity index (χ0) is 6.69. The largest absolute Gasteiger partial charge is 0.331 e. The average Bonchev–Trinajstić information content (AvgIpc) is 2.18. The lowest BCUT2D eigenvalue weighted by Crippen LogP contribution is -2.29. The maximum atomic E-state index is 10.8. The molecule has 9 heavy (non-hydrogen) atoms. The molecule has 0 aromatic carbocycles. The highest BCUT2D eigenvalue weighted by molar-refractivity contribution is 8.13. The van der Waals surface area contributed by atoms with Gasteiger partial charge in [0.25, 0.3) is 5.24 Å². The first-order valence-electron chi connectivity index (χ1n) is 2.96. The molecule has 0 aromatic heterocycles. The van der Waals surface area contributed by atoms with Crippen molar-refractivity contribution in [2.45, 2.75) is 0 Å². The van der Waals surface area contributed by atoms with Gasteiger partial charge in [-0.1, -0.05) is 11.8 Å². The minimum atomic E-state index is 0.181. The predicted molar refractivity (Wildman–Crippen MR) is 38.5 cm³/mol. The summed E-state index contributed by atoms with van der Waals surface area (Å²) in [5.41, 5.74) is 5.27. The van der Waals surface area contributed by atoms with Crippen LogP contribution in [-0.2, 0) is 0 Å². The fourth-order valence-corrected chi connectivity index (χ4v) is 1.64. The highest BCUT2D eigenvalue weighted by Crippen LogP contribution is 2.15. The third-order valence-corrected chi connectivity index (χ3v) is 2.14. The Morgan fingerprint density at radius 3 is 3.00 bits per heavy atom. The van der Waals surface area contributed by atoms with E-state index in [1.807, 2.05) is 0 Å². The molecule has 1 fully saturated rings. The van der Waals surface area contributed by atoms with Gasteiger partial charge >= 0.3 is 0 Å². The van der Waals surface area contributed by atoms with E-state index in [0.717, 1.165) is 12.3 Å². The van der Waals surface area contributed by atoms with Gasteiger partial charge in [0.15, 0.2) is 0 Å². The van der Waals surface area contributed by atoms with Gasteiger partial charge in [-0.15, -0.1) is 0 Å². The first kappa shape index (κ1) is 6.89. The van der Waals surface area contributed by atoms with E-state index in [2.05, 4.69) is 0 Å². The molecule has 0 radical (unpaired) electrons. The maximum Gasteiger partial charge on any atom is 0.281 e. The lowest BCUT2D eigenvalue weighted by atomic mass is 10.5. The highest BCUT2D eigenvalue weighted by Gasteiger charge is 2.19. The van der Waals surface area contributed by atoms with Gasteiger partial charge in [0.1, 0.15) is 0 Å². The van der Waals surface area contributed by atoms with E-state index >= 15 is 0 Å². The summed E-state index contributed by atoms with van der Waals surface area (Å²) in [5, 5.41) is 0.181. The summed E-state index contributed by atoms with van der Waals surface area (Å²) in [6.07, 6.45) is 0. The van der Waals surface area contributed by atoms with E-state index in [1.54, 1.807) is 4.90 Å². The number of hydrogen-bond acceptors (Lipinski definition) is 3. The quantitative estimate of drug-likeness (QED) is 0.601. The molecule has 1 aliphatic heterocycles. The maximum absolute atomic E-state index is 10.8. The van der Waals surface area contributed by atoms with Crippen LogP contribution in [0, 0.1) is 0 Å². The van der Waals surface area contributed by atoms with Crippen molar-refractivity contribution in [1.82, 2.24) is 4.90 Å². The standard InChI is InChI=1S/C5H10N2OS/c6-1-2-7-3-4-9-5(7)8/h1-4,6H2. The normalized spacial score (nSPS) is 19.2. The van der Waals surface area contributed by atoms with Crippen LogP contribution in [0.4, 0.5) is 4.79 Å². The highest BCUT2D eigenvalue weighted by atomic mass is 32.2. The molecule has 0 spiro atoms. The minimum absolute atomic E-state index is 0.181. The SMILES string of the molecule is NCCN1CCSC1=O. The van der Waals surface area contributed by atoms with E-state index in [-0.39, 0.29) is 5.24 Å². The number of thioether (sulfide) groups is 1. The van der Waals surface area contributed by atoms with Gasteiger partial charge < -0.3 is 10.6 Å². The van der Waals surface area contributed by atoms with Crippen molar-refractivity contribution in [2.75, 3.05) is 25.4 Å². The van der Waals surface area contributed by atoms with Crippen LogP contribution < -0.4 is 5.73 Å². The van der Waals surface area contributed by atoms with Crippen molar-refractivity contribution >= 4 is 17.0 Å². The van der Waals surface area contributed by atoms with Crippen LogP contribution >= 0.6 is 11.8 Å². The molecule has 52 valence electrons. The van der Waals surface area contributed by atoms with Crippen LogP contribution in [0.25, 0.3) is 0 Å². The molecule has 0 bridgehead atoms. The van der Waals surface area contributed by atoms with Gasteiger partial charge in [-0.05, 0) is 0 Å². The van der Waals surface area contributed by atoms with Crippen molar-refractivity contribution in [1.29, 1.82) is 0 Å². The second-order valence-electron chi connectivity index (χ2n) is 1.89. The first-order valence-corrected chi connectivity index (χ1v) is 3.95. The fraction of sp³-hybridized carbons (Fsp3) is 0.800. The number of carbonyl (C=O) groups excluding carboxylic acids is 1. The van der Waals surface area contributed by atoms with Crippen LogP contribution in [0.3, 0.4) is 0 Å². The Morgan fingerprint density at radius 2 is 2.56 bits per heavy atom. The number of nitrogens with zero attached hydrogens (tertiary/aromatic N) is 1. The summed E-state index contributed by atoms with van der Waals surface area (Å²) >= 11 is 1.38. The Kier molecular flexibility index (Phi) is 2.36. The number of nitrogens with two attached hydrogens (primary N) is 1. The minimum Gasteiger partial charge on any atom is -0.331 e. The van der Waals surface area contributed by atoms with Gasteiger partial charge in [-0.2, -0.15) is 0 Å². The molecule has 0 aliphatic carbocycles. The summed E-state index contributed by atoms with van der Waals surface area (Å²) in [4.78, 5) is 12.6. The number of hydrogen-bond donors (Lipinski definition) is 1. The topological polar surface area (TPSA) is 46.3 Å². The second kappa shape index (κ2) is 3.08. The summed E-state index contributed by atoms with van der Waals surface area (Å²) < 4.78 is 0. The Hall–Kier alpha value is -0.220. The summed E-state index contributed by atoms with van der Waals surface area (Å²) in [7, 11) is 0. The Morgan fingerprint density at radius 1 is 1.78 bits per heavy atom. The Balaban J connectivity index is 2.31. The van der Waals surface area contributed by atoms with Crippen molar-refractivity contribution in [2.24, 2.45) is 5.73 Å². The zero-order valence-electron chi connectivity index (χ0n) is 5.17. The van der Waals surface area contributed by atoms with Gasteiger partial charge in [0.2, 0.25) is 0 Å². The Labute approximate surface area is 58.6 Å². The molecule has 0 atom stereocenters. The van der Waals surface area contributed by atoms with Crippen LogP contribution in [0.5, 0.6) is 0 Å². The van der Waals surface area contributed by atoms with E-state index in [1.165, 1.54) is 11.8 Å². The summed E-state index contributed by atoms with van der Waals surface area (Å²) in [6.45, 7) is 2.17. The van der Waals surface area contributed by atoms with E-state index in [4.69, 9.17) is 5.73 Å². The molecular weight excluding hydrogens is 136 g/mol. The Bertz CT molecular complexity index is 118. The van der Waals surface area contributed by atoms with E-state index in [9.17, 15) is 4.79 Å². The van der Waals surface area contributed by atoms with Gasteiger partial charge in [-0.3, -0.25) is 4.79 Å². The third kappa shape index (κ3) is 1.59. The predicted octanol–water partition coefficient (Wildman–Crippen LogP) is 0.114. The van der Waals surface area contributed by atoms with Crippen LogP contribution in [0.2, 0.25) is 0 Å². The first-order chi connectivity index (χ1) is 4.34. The molecule has 0 aromatic rings. The van der Waals surface area contributed by atoms with Crippen LogP contribution in [0.1, 0.15) is 0 Å². The average molecular weight is 146 g/mol. The molecule has 1 rings (SSSR count). The lowest BCUT2D eigenvalue weighted by molar-refractivity contribution is 0.231. The van der Waals surface area contributed by atoms with Crippen molar-refractivity contribution in [3.8, 4) is 0 Å². The number of amides is 1. The zero-order valence-corrected chi connectivity index (χ0v) is 5.99. The van der Waals surface area contributed by atoms with Crippen LogP contribution in [-0.4, -0.2) is 35.5 Å². The van der Waals surface area contributed by atoms with Crippen LogP contribution in [0.15, 0.2) is 0 Å². The molecule has 3 nitrogen and oxygen atoms in total. The van der Waals surface area contributed by atoms with Gasteiger partial charge in [0, 0.05) is 25.4 Å². The van der Waals surface area contributed by atoms with Crippen molar-refractivity contribution in [3.63, 3.8) is 0 Å².